The van der Waals surface area contributed by atoms with Gasteiger partial charge in [0.05, 0.1) is 34.2 Å². The molecule has 0 N–H and O–H groups in total. The lowest BCUT2D eigenvalue weighted by Gasteiger charge is -2.02. The number of nitrogens with zero attached hydrogens (tertiary/aromatic N) is 17. The number of hydrogen-bond acceptors (Lipinski definition) is 17. The zero-order valence-electron chi connectivity index (χ0n) is 51.7. The van der Waals surface area contributed by atoms with E-state index in [0.29, 0.717) is 0 Å². The topological polar surface area (TPSA) is 219 Å². The summed E-state index contributed by atoms with van der Waals surface area (Å²) in [6, 6.07) is 55.7. The molecule has 0 atom stereocenters. The van der Waals surface area contributed by atoms with Crippen LogP contribution in [0, 0.1) is 48.5 Å². The van der Waals surface area contributed by atoms with Gasteiger partial charge in [-0.3, -0.25) is 34.9 Å². The lowest BCUT2D eigenvalue weighted by atomic mass is 10.1. The second kappa shape index (κ2) is 35.5. The molecule has 14 rings (SSSR count). The highest BCUT2D eigenvalue weighted by Crippen LogP contribution is 2.23. The molecule has 0 amide bonds. The van der Waals surface area contributed by atoms with Crippen molar-refractivity contribution in [2.75, 3.05) is 0 Å². The molecule has 0 saturated carbocycles. The molecule has 448 valence electrons. The molecule has 0 unspecified atom stereocenters. The van der Waals surface area contributed by atoms with Crippen LogP contribution in [0.4, 0.5) is 0 Å². The van der Waals surface area contributed by atoms with Crippen LogP contribution in [0.1, 0.15) is 39.7 Å². The van der Waals surface area contributed by atoms with E-state index in [1.165, 1.54) is 11.1 Å². The maximum atomic E-state index is 4.44. The van der Waals surface area contributed by atoms with E-state index in [2.05, 4.69) is 109 Å². The second-order valence-electron chi connectivity index (χ2n) is 19.8. The lowest BCUT2D eigenvalue weighted by molar-refractivity contribution is 1.10. The Balaban J connectivity index is 0.000000137. The van der Waals surface area contributed by atoms with Crippen molar-refractivity contribution in [1.29, 1.82) is 0 Å². The first kappa shape index (κ1) is 64.9. The van der Waals surface area contributed by atoms with Gasteiger partial charge in [0, 0.05) is 148 Å². The van der Waals surface area contributed by atoms with E-state index in [-0.39, 0.29) is 0 Å². The van der Waals surface area contributed by atoms with Gasteiger partial charge in [-0.2, -0.15) is 0 Å². The minimum Gasteiger partial charge on any atom is -0.265 e. The van der Waals surface area contributed by atoms with Crippen molar-refractivity contribution in [3.05, 3.63) is 322 Å². The molecule has 2 aromatic carbocycles. The van der Waals surface area contributed by atoms with Gasteiger partial charge >= 0.3 is 0 Å². The van der Waals surface area contributed by atoms with Crippen LogP contribution in [-0.2, 0) is 0 Å². The quantitative estimate of drug-likeness (QED) is 0.145. The van der Waals surface area contributed by atoms with E-state index in [1.807, 2.05) is 219 Å². The van der Waals surface area contributed by atoms with Crippen LogP contribution in [0.25, 0.3) is 78.5 Å². The fraction of sp³-hybridized carbons (Fsp3) is 0.0946. The van der Waals surface area contributed by atoms with Crippen molar-refractivity contribution in [3.8, 4) is 78.5 Å². The SMILES string of the molecule is Cc1cccc(-c2ccccc2)n1.Cc1cccc(-c2ccccn2)n1.Cc1cncnc1-c1ccncc1.Cc1ncncc1-c1ccccc1.Cc1ncncc1-c1ccccn1.Cc1ncncc1-c1cccnc1.Cc1ncncc1-c1ccncc1. The van der Waals surface area contributed by atoms with E-state index < -0.39 is 0 Å². The normalized spacial score (nSPS) is 9.92. The van der Waals surface area contributed by atoms with Gasteiger partial charge in [0.25, 0.3) is 0 Å². The van der Waals surface area contributed by atoms with E-state index in [4.69, 9.17) is 0 Å². The van der Waals surface area contributed by atoms with Crippen LogP contribution in [0.15, 0.2) is 282 Å². The molecule has 0 spiro atoms. The Bertz CT molecular complexity index is 3820. The Hall–Kier alpha value is -12.1. The molecule has 0 radical (unpaired) electrons. The maximum Gasteiger partial charge on any atom is 0.116 e. The van der Waals surface area contributed by atoms with E-state index in [1.54, 1.807) is 87.4 Å². The molecule has 12 aromatic heterocycles. The van der Waals surface area contributed by atoms with E-state index in [0.717, 1.165) is 107 Å². The van der Waals surface area contributed by atoms with Crippen molar-refractivity contribution in [3.63, 3.8) is 0 Å². The zero-order valence-corrected chi connectivity index (χ0v) is 51.7. The Morgan fingerprint density at radius 1 is 0.220 bits per heavy atom. The summed E-state index contributed by atoms with van der Waals surface area (Å²) in [7, 11) is 0. The van der Waals surface area contributed by atoms with Gasteiger partial charge in [-0.25, -0.2) is 49.8 Å². The molecule has 0 aliphatic rings. The smallest absolute Gasteiger partial charge is 0.116 e. The standard InChI is InChI=1S/C12H11N.2C11H10N2.4C10H9N3/c1-10-6-5-9-12(13-10)11-7-3-2-4-8-11;1-9-5-4-7-11(13-9)10-6-2-3-8-12-10;1-9-11(7-12-8-13-9)10-5-3-2-4-6-10;1-8-10(6-12-7-13-8)9-2-4-11-5-3-9;1-8-6-12-7-13-10(8)9-2-4-11-5-3-9;1-8-10(6-12-7-13-8)9-3-2-4-11-5-9;1-8-9(6-11-7-13-8)10-4-2-3-5-12-10/h2-9H,1H3;2*2-8H,1H3;4*2-7H,1H3. The molecule has 91 heavy (non-hydrogen) atoms. The van der Waals surface area contributed by atoms with Gasteiger partial charge in [-0.1, -0.05) is 91.0 Å². The number of benzene rings is 2. The number of pyridine rings is 7. The van der Waals surface area contributed by atoms with Crippen LogP contribution in [0.5, 0.6) is 0 Å². The molecule has 0 fully saturated rings. The Labute approximate surface area is 530 Å². The van der Waals surface area contributed by atoms with Crippen LogP contribution in [0.3, 0.4) is 0 Å². The average molecular weight is 1190 g/mol. The Kier molecular flexibility index (Phi) is 25.3. The van der Waals surface area contributed by atoms with Crippen LogP contribution in [-0.4, -0.2) is 84.7 Å². The van der Waals surface area contributed by atoms with Crippen LogP contribution in [0.2, 0.25) is 0 Å². The van der Waals surface area contributed by atoms with Crippen molar-refractivity contribution in [1.82, 2.24) is 84.7 Å². The summed E-state index contributed by atoms with van der Waals surface area (Å²) in [6.07, 6.45) is 31.0. The van der Waals surface area contributed by atoms with Gasteiger partial charge in [-0.15, -0.1) is 0 Å². The number of rotatable bonds is 7. The number of aromatic nitrogens is 17. The van der Waals surface area contributed by atoms with Crippen molar-refractivity contribution in [2.24, 2.45) is 0 Å². The first-order chi connectivity index (χ1) is 44.6. The summed E-state index contributed by atoms with van der Waals surface area (Å²) in [5, 5.41) is 0. The molecule has 17 heteroatoms. The summed E-state index contributed by atoms with van der Waals surface area (Å²) >= 11 is 0. The second-order valence-corrected chi connectivity index (χ2v) is 19.8. The Morgan fingerprint density at radius 3 is 1.10 bits per heavy atom. The van der Waals surface area contributed by atoms with Crippen molar-refractivity contribution < 1.29 is 0 Å². The highest BCUT2D eigenvalue weighted by Gasteiger charge is 2.06. The largest absolute Gasteiger partial charge is 0.265 e. The molecule has 0 aliphatic heterocycles. The van der Waals surface area contributed by atoms with Gasteiger partial charge < -0.3 is 0 Å². The maximum absolute atomic E-state index is 4.44. The van der Waals surface area contributed by atoms with E-state index in [9.17, 15) is 0 Å². The third-order valence-electron chi connectivity index (χ3n) is 13.3. The first-order valence-electron chi connectivity index (χ1n) is 29.0. The monoisotopic (exact) mass is 1190 g/mol. The number of hydrogen-bond donors (Lipinski definition) is 0. The average Bonchev–Trinajstić information content (AvgIpc) is 3.74. The van der Waals surface area contributed by atoms with Gasteiger partial charge in [0.15, 0.2) is 0 Å². The molecular weight excluding hydrogens is 1130 g/mol. The van der Waals surface area contributed by atoms with Crippen molar-refractivity contribution >= 4 is 0 Å². The van der Waals surface area contributed by atoms with Gasteiger partial charge in [-0.05, 0) is 144 Å². The molecular formula is C74H67N17. The third kappa shape index (κ3) is 20.8. The summed E-state index contributed by atoms with van der Waals surface area (Å²) in [5.41, 5.74) is 21.6. The Morgan fingerprint density at radius 2 is 0.626 bits per heavy atom. The molecule has 12 heterocycles. The predicted molar refractivity (Wildman–Crippen MR) is 359 cm³/mol. The van der Waals surface area contributed by atoms with Gasteiger partial charge in [0.2, 0.25) is 0 Å². The highest BCUT2D eigenvalue weighted by molar-refractivity contribution is 5.66. The fourth-order valence-electron chi connectivity index (χ4n) is 8.58. The minimum atomic E-state index is 0.917. The molecule has 0 aliphatic carbocycles. The predicted octanol–water partition coefficient (Wildman–Crippen LogP) is 15.3. The fourth-order valence-corrected chi connectivity index (χ4v) is 8.58. The van der Waals surface area contributed by atoms with Crippen LogP contribution >= 0.6 is 0 Å². The van der Waals surface area contributed by atoms with Gasteiger partial charge in [0.1, 0.15) is 31.6 Å². The molecule has 0 bridgehead atoms. The van der Waals surface area contributed by atoms with Crippen LogP contribution < -0.4 is 0 Å². The zero-order chi connectivity index (χ0) is 63.7. The summed E-state index contributed by atoms with van der Waals surface area (Å²) < 4.78 is 0. The minimum absolute atomic E-state index is 0.917. The summed E-state index contributed by atoms with van der Waals surface area (Å²) in [4.78, 5) is 69.8. The summed E-state index contributed by atoms with van der Waals surface area (Å²) in [5.74, 6) is 0. The number of aryl methyl sites for hydroxylation is 7. The third-order valence-corrected chi connectivity index (χ3v) is 13.3. The van der Waals surface area contributed by atoms with Crippen molar-refractivity contribution in [2.45, 2.75) is 48.5 Å². The lowest BCUT2D eigenvalue weighted by Crippen LogP contribution is -1.90. The molecule has 17 nitrogen and oxygen atoms in total. The molecule has 14 aromatic rings. The first-order valence-corrected chi connectivity index (χ1v) is 29.0. The summed E-state index contributed by atoms with van der Waals surface area (Å²) in [6.45, 7) is 13.9. The highest BCUT2D eigenvalue weighted by atomic mass is 14.9. The van der Waals surface area contributed by atoms with E-state index >= 15 is 0 Å². The molecule has 0 saturated heterocycles.